The summed E-state index contributed by atoms with van der Waals surface area (Å²) in [4.78, 5) is 22.3. The van der Waals surface area contributed by atoms with Gasteiger partial charge in [-0.1, -0.05) is 13.3 Å². The van der Waals surface area contributed by atoms with E-state index in [-0.39, 0.29) is 5.91 Å². The lowest BCUT2D eigenvalue weighted by Crippen LogP contribution is -2.39. The van der Waals surface area contributed by atoms with Gasteiger partial charge in [0.15, 0.2) is 5.82 Å². The maximum Gasteiger partial charge on any atom is 0.274 e. The van der Waals surface area contributed by atoms with Crippen molar-refractivity contribution in [1.82, 2.24) is 14.9 Å². The Bertz CT molecular complexity index is 457. The zero-order valence-electron chi connectivity index (χ0n) is 12.2. The Kier molecular flexibility index (Phi) is 4.89. The van der Waals surface area contributed by atoms with Gasteiger partial charge in [0.25, 0.3) is 5.91 Å². The zero-order chi connectivity index (χ0) is 14.5. The molecule has 1 saturated carbocycles. The molecule has 0 radical (unpaired) electrons. The Hall–Kier alpha value is -1.69. The van der Waals surface area contributed by atoms with Crippen LogP contribution in [0.4, 0.5) is 5.82 Å². The molecule has 6 heteroatoms. The first-order chi connectivity index (χ1) is 9.65. The van der Waals surface area contributed by atoms with Gasteiger partial charge in [-0.25, -0.2) is 10.8 Å². The molecular formula is C14H23N5O. The number of hydrazine groups is 1. The third-order valence-electron chi connectivity index (χ3n) is 4.26. The average Bonchev–Trinajstić information content (AvgIpc) is 2.53. The van der Waals surface area contributed by atoms with Gasteiger partial charge in [0, 0.05) is 13.1 Å². The van der Waals surface area contributed by atoms with Gasteiger partial charge < -0.3 is 10.3 Å². The Balaban J connectivity index is 2.01. The molecule has 0 spiro atoms. The molecule has 2 rings (SSSR count). The van der Waals surface area contributed by atoms with Crippen molar-refractivity contribution in [2.24, 2.45) is 11.8 Å². The third kappa shape index (κ3) is 3.25. The summed E-state index contributed by atoms with van der Waals surface area (Å²) in [5, 5.41) is 0. The van der Waals surface area contributed by atoms with Crippen LogP contribution in [0.5, 0.6) is 0 Å². The van der Waals surface area contributed by atoms with Gasteiger partial charge in [-0.15, -0.1) is 0 Å². The van der Waals surface area contributed by atoms with Gasteiger partial charge in [0.05, 0.1) is 12.4 Å². The summed E-state index contributed by atoms with van der Waals surface area (Å²) >= 11 is 0. The van der Waals surface area contributed by atoms with Crippen molar-refractivity contribution in [2.75, 3.05) is 12.5 Å². The van der Waals surface area contributed by atoms with E-state index in [0.717, 1.165) is 18.8 Å². The number of anilines is 1. The zero-order valence-corrected chi connectivity index (χ0v) is 12.2. The van der Waals surface area contributed by atoms with Crippen LogP contribution < -0.4 is 11.3 Å². The fourth-order valence-corrected chi connectivity index (χ4v) is 2.83. The number of nitrogens with zero attached hydrogens (tertiary/aromatic N) is 3. The maximum absolute atomic E-state index is 12.4. The summed E-state index contributed by atoms with van der Waals surface area (Å²) in [7, 11) is 1.85. The van der Waals surface area contributed by atoms with E-state index < -0.39 is 0 Å². The summed E-state index contributed by atoms with van der Waals surface area (Å²) in [6.45, 7) is 2.24. The van der Waals surface area contributed by atoms with Crippen LogP contribution in [0.1, 0.15) is 49.5 Å². The van der Waals surface area contributed by atoms with Crippen LogP contribution in [-0.4, -0.2) is 33.9 Å². The number of rotatable bonds is 4. The van der Waals surface area contributed by atoms with Crippen LogP contribution >= 0.6 is 0 Å². The highest BCUT2D eigenvalue weighted by atomic mass is 16.2. The summed E-state index contributed by atoms with van der Waals surface area (Å²) in [6.07, 6.45) is 8.76. The number of hydrogen-bond donors (Lipinski definition) is 2. The van der Waals surface area contributed by atoms with Crippen LogP contribution in [-0.2, 0) is 0 Å². The smallest absolute Gasteiger partial charge is 0.274 e. The molecule has 20 heavy (non-hydrogen) atoms. The van der Waals surface area contributed by atoms with Crippen molar-refractivity contribution in [2.45, 2.75) is 45.1 Å². The van der Waals surface area contributed by atoms with E-state index in [1.807, 2.05) is 7.05 Å². The molecule has 1 aromatic heterocycles. The molecule has 0 aliphatic heterocycles. The Morgan fingerprint density at radius 2 is 2.10 bits per heavy atom. The van der Waals surface area contributed by atoms with Crippen molar-refractivity contribution in [3.8, 4) is 0 Å². The monoisotopic (exact) mass is 277 g/mol. The standard InChI is InChI=1S/C14H23N5O/c1-3-10-4-6-11(7-5-10)19(2)14(20)12-8-16-9-13(17-12)18-15/h8-11H,3-7,15H2,1-2H3,(H,17,18). The van der Waals surface area contributed by atoms with Gasteiger partial charge >= 0.3 is 0 Å². The number of nitrogens with two attached hydrogens (primary N) is 1. The van der Waals surface area contributed by atoms with Crippen molar-refractivity contribution in [3.05, 3.63) is 18.1 Å². The van der Waals surface area contributed by atoms with Gasteiger partial charge in [-0.2, -0.15) is 0 Å². The molecule has 1 amide bonds. The lowest BCUT2D eigenvalue weighted by Gasteiger charge is -2.34. The normalized spacial score (nSPS) is 22.4. The molecule has 0 unspecified atom stereocenters. The number of amides is 1. The second kappa shape index (κ2) is 6.65. The second-order valence-electron chi connectivity index (χ2n) is 5.43. The lowest BCUT2D eigenvalue weighted by atomic mass is 9.84. The van der Waals surface area contributed by atoms with Crippen LogP contribution in [0.15, 0.2) is 12.4 Å². The molecule has 1 aliphatic carbocycles. The fourth-order valence-electron chi connectivity index (χ4n) is 2.83. The summed E-state index contributed by atoms with van der Waals surface area (Å²) in [5.74, 6) is 6.42. The van der Waals surface area contributed by atoms with E-state index >= 15 is 0 Å². The van der Waals surface area contributed by atoms with Crippen molar-refractivity contribution >= 4 is 11.7 Å². The Labute approximate surface area is 119 Å². The minimum absolute atomic E-state index is 0.0884. The molecule has 1 aromatic rings. The Morgan fingerprint density at radius 1 is 1.40 bits per heavy atom. The SMILES string of the molecule is CCC1CCC(N(C)C(=O)c2cncc(NN)n2)CC1. The highest BCUT2D eigenvalue weighted by molar-refractivity contribution is 5.92. The molecule has 0 saturated heterocycles. The van der Waals surface area contributed by atoms with Gasteiger partial charge in [0.2, 0.25) is 0 Å². The number of nitrogens with one attached hydrogen (secondary N) is 1. The molecule has 0 bridgehead atoms. The Morgan fingerprint density at radius 3 is 2.70 bits per heavy atom. The first-order valence-corrected chi connectivity index (χ1v) is 7.21. The van der Waals surface area contributed by atoms with Crippen LogP contribution in [0, 0.1) is 5.92 Å². The maximum atomic E-state index is 12.4. The van der Waals surface area contributed by atoms with E-state index in [4.69, 9.17) is 5.84 Å². The summed E-state index contributed by atoms with van der Waals surface area (Å²) < 4.78 is 0. The molecule has 6 nitrogen and oxygen atoms in total. The first-order valence-electron chi connectivity index (χ1n) is 7.21. The predicted octanol–water partition coefficient (Wildman–Crippen LogP) is 1.80. The van der Waals surface area contributed by atoms with E-state index in [1.54, 1.807) is 4.90 Å². The predicted molar refractivity (Wildman–Crippen MR) is 78.0 cm³/mol. The molecule has 1 fully saturated rings. The van der Waals surface area contributed by atoms with E-state index in [0.29, 0.717) is 17.6 Å². The molecule has 0 atom stereocenters. The van der Waals surface area contributed by atoms with Gasteiger partial charge in [0.1, 0.15) is 5.69 Å². The molecule has 1 heterocycles. The first kappa shape index (κ1) is 14.7. The number of hydrogen-bond acceptors (Lipinski definition) is 5. The molecule has 3 N–H and O–H groups in total. The van der Waals surface area contributed by atoms with Gasteiger partial charge in [-0.05, 0) is 31.6 Å². The van der Waals surface area contributed by atoms with E-state index in [9.17, 15) is 4.79 Å². The van der Waals surface area contributed by atoms with Crippen LogP contribution in [0.25, 0.3) is 0 Å². The van der Waals surface area contributed by atoms with Crippen molar-refractivity contribution < 1.29 is 4.79 Å². The number of carbonyl (C=O) groups is 1. The minimum Gasteiger partial charge on any atom is -0.337 e. The minimum atomic E-state index is -0.0884. The highest BCUT2D eigenvalue weighted by Crippen LogP contribution is 2.29. The molecular weight excluding hydrogens is 254 g/mol. The summed E-state index contributed by atoms with van der Waals surface area (Å²) in [6, 6.07) is 0.307. The van der Waals surface area contributed by atoms with E-state index in [2.05, 4.69) is 22.3 Å². The quantitative estimate of drug-likeness (QED) is 0.647. The number of nitrogen functional groups attached to an aromatic ring is 1. The third-order valence-corrected chi connectivity index (χ3v) is 4.26. The number of carbonyl (C=O) groups excluding carboxylic acids is 1. The molecule has 1 aliphatic rings. The molecule has 0 aromatic carbocycles. The van der Waals surface area contributed by atoms with Crippen LogP contribution in [0.2, 0.25) is 0 Å². The van der Waals surface area contributed by atoms with Gasteiger partial charge in [-0.3, -0.25) is 9.78 Å². The average molecular weight is 277 g/mol. The van der Waals surface area contributed by atoms with E-state index in [1.165, 1.54) is 31.7 Å². The largest absolute Gasteiger partial charge is 0.337 e. The fraction of sp³-hybridized carbons (Fsp3) is 0.643. The van der Waals surface area contributed by atoms with Crippen molar-refractivity contribution in [3.63, 3.8) is 0 Å². The lowest BCUT2D eigenvalue weighted by molar-refractivity contribution is 0.0668. The molecule has 110 valence electrons. The highest BCUT2D eigenvalue weighted by Gasteiger charge is 2.27. The number of aromatic nitrogens is 2. The topological polar surface area (TPSA) is 84.1 Å². The van der Waals surface area contributed by atoms with Crippen molar-refractivity contribution in [1.29, 1.82) is 0 Å². The second-order valence-corrected chi connectivity index (χ2v) is 5.43. The van der Waals surface area contributed by atoms with Crippen LogP contribution in [0.3, 0.4) is 0 Å². The summed E-state index contributed by atoms with van der Waals surface area (Å²) in [5.41, 5.74) is 2.74.